The summed E-state index contributed by atoms with van der Waals surface area (Å²) in [5.74, 6) is -0.544. The van der Waals surface area contributed by atoms with Crippen molar-refractivity contribution in [3.63, 3.8) is 0 Å². The second-order valence-electron chi connectivity index (χ2n) is 6.06. The highest BCUT2D eigenvalue weighted by molar-refractivity contribution is 5.89. The predicted molar refractivity (Wildman–Crippen MR) is 91.8 cm³/mol. The van der Waals surface area contributed by atoms with E-state index in [0.29, 0.717) is 39.3 Å². The highest BCUT2D eigenvalue weighted by Gasteiger charge is 2.33. The van der Waals surface area contributed by atoms with Gasteiger partial charge in [0, 0.05) is 32.7 Å². The number of carbonyl (C=O) groups excluding carboxylic acids is 3. The lowest BCUT2D eigenvalue weighted by Crippen LogP contribution is -2.56. The second kappa shape index (κ2) is 9.84. The smallest absolute Gasteiger partial charge is 0.310 e. The molecule has 0 aliphatic carbocycles. The fraction of sp³-hybridized carbons (Fsp3) is 0.812. The molecule has 0 aromatic heterocycles. The Morgan fingerprint density at radius 3 is 2.71 bits per heavy atom. The first-order valence-electron chi connectivity index (χ1n) is 8.53. The van der Waals surface area contributed by atoms with Gasteiger partial charge in [0.05, 0.1) is 25.0 Å². The number of nitrogens with one attached hydrogen (secondary N) is 1. The fourth-order valence-electron chi connectivity index (χ4n) is 3.22. The van der Waals surface area contributed by atoms with E-state index < -0.39 is 6.04 Å². The number of likely N-dealkylation sites (N-methyl/N-ethyl adjacent to an activating group) is 1. The van der Waals surface area contributed by atoms with Crippen molar-refractivity contribution in [2.45, 2.75) is 39.2 Å². The molecule has 2 aliphatic rings. The Labute approximate surface area is 149 Å². The topological polar surface area (TPSA) is 79.0 Å². The monoisotopic (exact) mass is 361 g/mol. The van der Waals surface area contributed by atoms with Crippen molar-refractivity contribution >= 4 is 30.2 Å². The van der Waals surface area contributed by atoms with Gasteiger partial charge in [-0.2, -0.15) is 0 Å². The van der Waals surface area contributed by atoms with Crippen LogP contribution in [0.25, 0.3) is 0 Å². The summed E-state index contributed by atoms with van der Waals surface area (Å²) in [5.41, 5.74) is 0. The van der Waals surface area contributed by atoms with E-state index in [1.54, 1.807) is 16.7 Å². The normalized spacial score (nSPS) is 24.3. The predicted octanol–water partition coefficient (Wildman–Crippen LogP) is 0.420. The highest BCUT2D eigenvalue weighted by atomic mass is 35.5. The van der Waals surface area contributed by atoms with Crippen LogP contribution in [0.2, 0.25) is 0 Å². The lowest BCUT2D eigenvalue weighted by Gasteiger charge is -2.35. The maximum absolute atomic E-state index is 12.5. The summed E-state index contributed by atoms with van der Waals surface area (Å²) in [6.07, 6.45) is 1.71. The number of halogens is 1. The van der Waals surface area contributed by atoms with Gasteiger partial charge in [-0.25, -0.2) is 0 Å². The maximum Gasteiger partial charge on any atom is 0.310 e. The molecule has 0 spiro atoms. The van der Waals surface area contributed by atoms with Gasteiger partial charge in [0.2, 0.25) is 11.8 Å². The summed E-state index contributed by atoms with van der Waals surface area (Å²) >= 11 is 0. The van der Waals surface area contributed by atoms with Crippen molar-refractivity contribution in [1.82, 2.24) is 15.1 Å². The Balaban J connectivity index is 0.00000288. The number of rotatable bonds is 5. The number of piperidine rings is 1. The summed E-state index contributed by atoms with van der Waals surface area (Å²) in [4.78, 5) is 40.1. The molecule has 2 rings (SSSR count). The van der Waals surface area contributed by atoms with E-state index in [-0.39, 0.29) is 42.5 Å². The lowest BCUT2D eigenvalue weighted by molar-refractivity contribution is -0.152. The van der Waals surface area contributed by atoms with Crippen molar-refractivity contribution in [2.75, 3.05) is 39.3 Å². The van der Waals surface area contributed by atoms with Crippen LogP contribution in [0.4, 0.5) is 0 Å². The number of nitrogens with zero attached hydrogens (tertiary/aromatic N) is 2. The van der Waals surface area contributed by atoms with E-state index in [9.17, 15) is 14.4 Å². The molecule has 2 unspecified atom stereocenters. The van der Waals surface area contributed by atoms with Gasteiger partial charge < -0.3 is 19.9 Å². The standard InChI is InChI=1S/C16H27N3O4.ClH/c1-3-18-9-7-17-13(15(18)21)10-14(20)19-8-5-6-12(11-19)16(22)23-4-2;/h12-13,17H,3-11H2,1-2H3;1H. The zero-order valence-electron chi connectivity index (χ0n) is 14.5. The molecule has 2 atom stereocenters. The minimum absolute atomic E-state index is 0. The van der Waals surface area contributed by atoms with Gasteiger partial charge in [-0.15, -0.1) is 12.4 Å². The van der Waals surface area contributed by atoms with Gasteiger partial charge in [0.15, 0.2) is 0 Å². The van der Waals surface area contributed by atoms with Crippen molar-refractivity contribution in [1.29, 1.82) is 0 Å². The van der Waals surface area contributed by atoms with Crippen molar-refractivity contribution < 1.29 is 19.1 Å². The van der Waals surface area contributed by atoms with Gasteiger partial charge in [-0.3, -0.25) is 14.4 Å². The number of amides is 2. The Bertz CT molecular complexity index is 461. The van der Waals surface area contributed by atoms with Gasteiger partial charge in [-0.05, 0) is 26.7 Å². The molecule has 138 valence electrons. The van der Waals surface area contributed by atoms with Crippen molar-refractivity contribution in [2.24, 2.45) is 5.92 Å². The SMILES string of the molecule is CCOC(=O)C1CCCN(C(=O)CC2NCCN(CC)C2=O)C1.Cl. The van der Waals surface area contributed by atoms with Crippen LogP contribution < -0.4 is 5.32 Å². The molecule has 0 radical (unpaired) electrons. The fourth-order valence-corrected chi connectivity index (χ4v) is 3.22. The Morgan fingerprint density at radius 1 is 1.29 bits per heavy atom. The van der Waals surface area contributed by atoms with Crippen molar-refractivity contribution in [3.05, 3.63) is 0 Å². The molecule has 2 amide bonds. The number of carbonyl (C=O) groups is 3. The molecule has 24 heavy (non-hydrogen) atoms. The molecular weight excluding hydrogens is 334 g/mol. The highest BCUT2D eigenvalue weighted by Crippen LogP contribution is 2.19. The third-order valence-corrected chi connectivity index (χ3v) is 4.54. The van der Waals surface area contributed by atoms with Crippen LogP contribution >= 0.6 is 12.4 Å². The Morgan fingerprint density at radius 2 is 2.04 bits per heavy atom. The zero-order valence-corrected chi connectivity index (χ0v) is 15.3. The molecule has 2 fully saturated rings. The minimum Gasteiger partial charge on any atom is -0.466 e. The molecule has 2 saturated heterocycles. The molecular formula is C16H28ClN3O4. The van der Waals surface area contributed by atoms with Crippen LogP contribution in [-0.4, -0.2) is 73.0 Å². The zero-order chi connectivity index (χ0) is 16.8. The number of ether oxygens (including phenoxy) is 1. The quantitative estimate of drug-likeness (QED) is 0.718. The summed E-state index contributed by atoms with van der Waals surface area (Å²) in [7, 11) is 0. The van der Waals surface area contributed by atoms with Crippen LogP contribution in [-0.2, 0) is 19.1 Å². The van der Waals surface area contributed by atoms with Crippen LogP contribution in [0.5, 0.6) is 0 Å². The largest absolute Gasteiger partial charge is 0.466 e. The van der Waals surface area contributed by atoms with E-state index in [1.807, 2.05) is 6.92 Å². The third-order valence-electron chi connectivity index (χ3n) is 4.54. The average Bonchev–Trinajstić information content (AvgIpc) is 2.57. The number of piperazine rings is 1. The Kier molecular flexibility index (Phi) is 8.48. The van der Waals surface area contributed by atoms with E-state index in [4.69, 9.17) is 4.74 Å². The molecule has 2 aliphatic heterocycles. The van der Waals surface area contributed by atoms with E-state index >= 15 is 0 Å². The van der Waals surface area contributed by atoms with Gasteiger partial charge >= 0.3 is 5.97 Å². The summed E-state index contributed by atoms with van der Waals surface area (Å²) in [6, 6.07) is -0.445. The van der Waals surface area contributed by atoms with Crippen LogP contribution in [0.1, 0.15) is 33.1 Å². The van der Waals surface area contributed by atoms with Crippen LogP contribution in [0.15, 0.2) is 0 Å². The Hall–Kier alpha value is -1.34. The molecule has 0 aromatic rings. The molecule has 0 bridgehead atoms. The molecule has 7 nitrogen and oxygen atoms in total. The van der Waals surface area contributed by atoms with E-state index in [2.05, 4.69) is 5.32 Å². The number of hydrogen-bond acceptors (Lipinski definition) is 5. The second-order valence-corrected chi connectivity index (χ2v) is 6.06. The van der Waals surface area contributed by atoms with Gasteiger partial charge in [-0.1, -0.05) is 0 Å². The van der Waals surface area contributed by atoms with Gasteiger partial charge in [0.25, 0.3) is 0 Å². The maximum atomic E-state index is 12.5. The molecule has 0 aromatic carbocycles. The number of likely N-dealkylation sites (tertiary alicyclic amines) is 1. The number of hydrogen-bond donors (Lipinski definition) is 1. The first-order chi connectivity index (χ1) is 11.1. The summed E-state index contributed by atoms with van der Waals surface area (Å²) < 4.78 is 5.06. The molecule has 0 saturated carbocycles. The summed E-state index contributed by atoms with van der Waals surface area (Å²) in [5, 5.41) is 3.13. The van der Waals surface area contributed by atoms with Crippen LogP contribution in [0.3, 0.4) is 0 Å². The number of esters is 1. The van der Waals surface area contributed by atoms with Crippen molar-refractivity contribution in [3.8, 4) is 0 Å². The van der Waals surface area contributed by atoms with E-state index in [1.165, 1.54) is 0 Å². The molecule has 1 N–H and O–H groups in total. The third kappa shape index (κ3) is 5.08. The summed E-state index contributed by atoms with van der Waals surface area (Å²) in [6.45, 7) is 7.19. The van der Waals surface area contributed by atoms with Crippen LogP contribution in [0, 0.1) is 5.92 Å². The minimum atomic E-state index is -0.445. The lowest BCUT2D eigenvalue weighted by atomic mass is 9.97. The van der Waals surface area contributed by atoms with E-state index in [0.717, 1.165) is 12.8 Å². The first kappa shape index (κ1) is 20.7. The van der Waals surface area contributed by atoms with Gasteiger partial charge in [0.1, 0.15) is 0 Å². The first-order valence-corrected chi connectivity index (χ1v) is 8.53. The molecule has 8 heteroatoms. The average molecular weight is 362 g/mol. The molecule has 2 heterocycles.